The van der Waals surface area contributed by atoms with Crippen molar-refractivity contribution in [3.05, 3.63) is 36.2 Å². The molecule has 0 atom stereocenters. The molecule has 0 radical (unpaired) electrons. The highest BCUT2D eigenvalue weighted by molar-refractivity contribution is 6.62. The van der Waals surface area contributed by atoms with Crippen LogP contribution in [0, 0.1) is 0 Å². The van der Waals surface area contributed by atoms with Gasteiger partial charge in [-0.15, -0.1) is 0 Å². The first-order valence-corrected chi connectivity index (χ1v) is 7.88. The molecule has 1 aliphatic heterocycles. The summed E-state index contributed by atoms with van der Waals surface area (Å²) < 4.78 is 19.1. The number of pyridine rings is 1. The van der Waals surface area contributed by atoms with E-state index in [1.165, 1.54) is 0 Å². The van der Waals surface area contributed by atoms with Gasteiger partial charge in [-0.25, -0.2) is 4.79 Å². The average molecular weight is 315 g/mol. The third-order valence-corrected chi connectivity index (χ3v) is 4.66. The molecule has 3 heterocycles. The van der Waals surface area contributed by atoms with Gasteiger partial charge in [-0.3, -0.25) is 0 Å². The molecule has 23 heavy (non-hydrogen) atoms. The Balaban J connectivity index is 1.91. The molecule has 5 nitrogen and oxygen atoms in total. The van der Waals surface area contributed by atoms with E-state index in [0.717, 1.165) is 11.0 Å². The molecule has 0 saturated carbocycles. The Labute approximate surface area is 136 Å². The Hall–Kier alpha value is -1.79. The highest BCUT2D eigenvalue weighted by atomic mass is 16.7. The lowest BCUT2D eigenvalue weighted by Gasteiger charge is -2.32. The molecule has 0 amide bonds. The fraction of sp³-hybridized carbons (Fsp3) is 0.471. The summed E-state index contributed by atoms with van der Waals surface area (Å²) in [5.41, 5.74) is 1.63. The van der Waals surface area contributed by atoms with Crippen LogP contribution in [-0.2, 0) is 14.0 Å². The third-order valence-electron chi connectivity index (χ3n) is 4.66. The normalized spacial score (nSPS) is 19.3. The Morgan fingerprint density at radius 3 is 2.48 bits per heavy atom. The number of carbonyl (C=O) groups is 1. The second-order valence-corrected chi connectivity index (χ2v) is 6.83. The summed E-state index contributed by atoms with van der Waals surface area (Å²) in [6, 6.07) is 5.74. The van der Waals surface area contributed by atoms with Gasteiger partial charge in [-0.05, 0) is 58.3 Å². The number of hydrogen-bond donors (Lipinski definition) is 0. The molecule has 1 saturated heterocycles. The number of rotatable bonds is 3. The van der Waals surface area contributed by atoms with Crippen LogP contribution in [0.1, 0.15) is 45.0 Å². The fourth-order valence-corrected chi connectivity index (χ4v) is 2.58. The van der Waals surface area contributed by atoms with Crippen LogP contribution in [0.15, 0.2) is 30.6 Å². The number of nitrogens with zero attached hydrogens (tertiary/aromatic N) is 1. The molecule has 122 valence electrons. The van der Waals surface area contributed by atoms with E-state index in [4.69, 9.17) is 14.0 Å². The molecule has 2 aromatic rings. The SMILES string of the molecule is CCOC(=O)c1cc2cc(B3OC(C)(C)C(C)(C)O3)ccn2c1. The second-order valence-electron chi connectivity index (χ2n) is 6.83. The number of hydrogen-bond acceptors (Lipinski definition) is 4. The van der Waals surface area contributed by atoms with Crippen LogP contribution < -0.4 is 5.46 Å². The number of aromatic nitrogens is 1. The molecule has 0 aliphatic carbocycles. The zero-order valence-electron chi connectivity index (χ0n) is 14.3. The first-order valence-electron chi connectivity index (χ1n) is 7.88. The van der Waals surface area contributed by atoms with E-state index >= 15 is 0 Å². The monoisotopic (exact) mass is 315 g/mol. The highest BCUT2D eigenvalue weighted by Crippen LogP contribution is 2.36. The Kier molecular flexibility index (Phi) is 3.77. The molecular formula is C17H22BNO4. The summed E-state index contributed by atoms with van der Waals surface area (Å²) in [6.45, 7) is 10.3. The maximum Gasteiger partial charge on any atom is 0.494 e. The van der Waals surface area contributed by atoms with Gasteiger partial charge in [0, 0.05) is 17.9 Å². The first-order chi connectivity index (χ1) is 10.7. The van der Waals surface area contributed by atoms with Crippen molar-refractivity contribution in [3.8, 4) is 0 Å². The Morgan fingerprint density at radius 2 is 1.87 bits per heavy atom. The summed E-state index contributed by atoms with van der Waals surface area (Å²) in [5.74, 6) is -0.312. The summed E-state index contributed by atoms with van der Waals surface area (Å²) in [5, 5.41) is 0. The van der Waals surface area contributed by atoms with Gasteiger partial charge in [0.2, 0.25) is 0 Å². The number of ether oxygens (including phenoxy) is 1. The smallest absolute Gasteiger partial charge is 0.462 e. The summed E-state index contributed by atoms with van der Waals surface area (Å²) >= 11 is 0. The van der Waals surface area contributed by atoms with Crippen molar-refractivity contribution in [1.82, 2.24) is 4.40 Å². The largest absolute Gasteiger partial charge is 0.494 e. The maximum absolute atomic E-state index is 11.8. The summed E-state index contributed by atoms with van der Waals surface area (Å²) in [7, 11) is -0.411. The van der Waals surface area contributed by atoms with E-state index in [9.17, 15) is 4.79 Å². The van der Waals surface area contributed by atoms with Gasteiger partial charge in [-0.2, -0.15) is 0 Å². The van der Waals surface area contributed by atoms with E-state index < -0.39 is 7.12 Å². The number of esters is 1. The van der Waals surface area contributed by atoms with Crippen LogP contribution in [0.3, 0.4) is 0 Å². The predicted octanol–water partition coefficient (Wildman–Crippen LogP) is 2.42. The van der Waals surface area contributed by atoms with Gasteiger partial charge in [0.15, 0.2) is 0 Å². The van der Waals surface area contributed by atoms with Crippen LogP contribution in [0.4, 0.5) is 0 Å². The molecule has 2 aromatic heterocycles. The molecule has 0 N–H and O–H groups in total. The minimum absolute atomic E-state index is 0.312. The fourth-order valence-electron chi connectivity index (χ4n) is 2.58. The first kappa shape index (κ1) is 16.1. The standard InChI is InChI=1S/C17H22BNO4/c1-6-21-15(20)12-9-14-10-13(7-8-19(14)11-12)18-22-16(2,3)17(4,5)23-18/h7-11H,6H2,1-5H3. The molecule has 0 bridgehead atoms. The van der Waals surface area contributed by atoms with Gasteiger partial charge in [0.1, 0.15) is 0 Å². The molecule has 0 spiro atoms. The van der Waals surface area contributed by atoms with Crippen LogP contribution in [0.5, 0.6) is 0 Å². The predicted molar refractivity (Wildman–Crippen MR) is 89.1 cm³/mol. The van der Waals surface area contributed by atoms with Crippen molar-refractivity contribution in [2.75, 3.05) is 6.61 Å². The van der Waals surface area contributed by atoms with Crippen LogP contribution in [0.25, 0.3) is 5.52 Å². The highest BCUT2D eigenvalue weighted by Gasteiger charge is 2.51. The molecule has 1 fully saturated rings. The van der Waals surface area contributed by atoms with Crippen molar-refractivity contribution in [3.63, 3.8) is 0 Å². The average Bonchev–Trinajstić information content (AvgIpc) is 2.97. The third kappa shape index (κ3) is 2.77. The maximum atomic E-state index is 11.8. The second kappa shape index (κ2) is 5.39. The van der Waals surface area contributed by atoms with Crippen LogP contribution >= 0.6 is 0 Å². The van der Waals surface area contributed by atoms with Crippen molar-refractivity contribution < 1.29 is 18.8 Å². The quantitative estimate of drug-likeness (QED) is 0.645. The van der Waals surface area contributed by atoms with Crippen molar-refractivity contribution in [1.29, 1.82) is 0 Å². The van der Waals surface area contributed by atoms with E-state index in [-0.39, 0.29) is 17.2 Å². The van der Waals surface area contributed by atoms with Crippen molar-refractivity contribution in [2.45, 2.75) is 45.8 Å². The molecule has 1 aliphatic rings. The van der Waals surface area contributed by atoms with E-state index in [1.807, 2.05) is 56.5 Å². The van der Waals surface area contributed by atoms with Gasteiger partial charge in [-0.1, -0.05) is 0 Å². The van der Waals surface area contributed by atoms with Gasteiger partial charge < -0.3 is 18.4 Å². The number of carbonyl (C=O) groups excluding carboxylic acids is 1. The molecule has 3 rings (SSSR count). The van der Waals surface area contributed by atoms with Crippen LogP contribution in [-0.4, -0.2) is 35.3 Å². The van der Waals surface area contributed by atoms with E-state index in [1.54, 1.807) is 13.1 Å². The van der Waals surface area contributed by atoms with Crippen LogP contribution in [0.2, 0.25) is 0 Å². The summed E-state index contributed by atoms with van der Waals surface area (Å²) in [6.07, 6.45) is 3.67. The topological polar surface area (TPSA) is 49.2 Å². The van der Waals surface area contributed by atoms with Gasteiger partial charge in [0.05, 0.1) is 23.4 Å². The minimum atomic E-state index is -0.411. The van der Waals surface area contributed by atoms with Crippen molar-refractivity contribution >= 4 is 24.1 Å². The Morgan fingerprint density at radius 1 is 1.22 bits per heavy atom. The van der Waals surface area contributed by atoms with E-state index in [2.05, 4.69) is 0 Å². The number of fused-ring (bicyclic) bond motifs is 1. The van der Waals surface area contributed by atoms with Gasteiger partial charge >= 0.3 is 13.1 Å². The minimum Gasteiger partial charge on any atom is -0.462 e. The lowest BCUT2D eigenvalue weighted by Crippen LogP contribution is -2.41. The zero-order chi connectivity index (χ0) is 16.8. The molecule has 0 aromatic carbocycles. The Bertz CT molecular complexity index is 734. The molecule has 0 unspecified atom stereocenters. The molecular weight excluding hydrogens is 293 g/mol. The zero-order valence-corrected chi connectivity index (χ0v) is 14.3. The summed E-state index contributed by atoms with van der Waals surface area (Å²) in [4.78, 5) is 11.8. The molecule has 6 heteroatoms. The van der Waals surface area contributed by atoms with Crippen molar-refractivity contribution in [2.24, 2.45) is 0 Å². The lowest BCUT2D eigenvalue weighted by atomic mass is 9.79. The van der Waals surface area contributed by atoms with E-state index in [0.29, 0.717) is 12.2 Å². The van der Waals surface area contributed by atoms with Gasteiger partial charge in [0.25, 0.3) is 0 Å². The lowest BCUT2D eigenvalue weighted by molar-refractivity contribution is 0.00578.